The quantitative estimate of drug-likeness (QED) is 0.599. The minimum absolute atomic E-state index is 0.138. The van der Waals surface area contributed by atoms with E-state index >= 15 is 0 Å². The summed E-state index contributed by atoms with van der Waals surface area (Å²) < 4.78 is 0. The Morgan fingerprint density at radius 3 is 2.18 bits per heavy atom. The molecule has 0 atom stereocenters. The molecule has 0 aromatic carbocycles. The van der Waals surface area contributed by atoms with Gasteiger partial charge in [0.2, 0.25) is 0 Å². The van der Waals surface area contributed by atoms with Gasteiger partial charge in [0.15, 0.2) is 0 Å². The summed E-state index contributed by atoms with van der Waals surface area (Å²) in [5, 5.41) is 8.90. The number of aliphatic hydroxyl groups is 1. The minimum atomic E-state index is -0.252. The first-order valence-corrected chi connectivity index (χ1v) is 4.27. The molecule has 0 bridgehead atoms. The van der Waals surface area contributed by atoms with E-state index in [1.807, 2.05) is 0 Å². The van der Waals surface area contributed by atoms with Gasteiger partial charge in [-0.05, 0) is 24.2 Å². The molecule has 1 saturated carbocycles. The average Bonchev–Trinajstić information content (AvgIpc) is 1.78. The number of hydrogen-bond acceptors (Lipinski definition) is 2. The molecule has 0 heterocycles. The molecule has 3 N–H and O–H groups in total. The van der Waals surface area contributed by atoms with Gasteiger partial charge in [-0.2, -0.15) is 0 Å². The molecule has 2 nitrogen and oxygen atoms in total. The van der Waals surface area contributed by atoms with Crippen molar-refractivity contribution in [1.29, 1.82) is 0 Å². The summed E-state index contributed by atoms with van der Waals surface area (Å²) in [6.07, 6.45) is 1.96. The van der Waals surface area contributed by atoms with Gasteiger partial charge in [-0.25, -0.2) is 0 Å². The highest BCUT2D eigenvalue weighted by Gasteiger charge is 2.45. The maximum absolute atomic E-state index is 8.90. The molecule has 0 amide bonds. The molecule has 1 aliphatic carbocycles. The van der Waals surface area contributed by atoms with E-state index in [2.05, 4.69) is 20.8 Å². The van der Waals surface area contributed by atoms with Crippen LogP contribution in [0.3, 0.4) is 0 Å². The first kappa shape index (κ1) is 9.01. The standard InChI is InChI=1S/C9H19NO/c1-8(2,3)7-4-9(10,5-7)6-11/h7,11H,4-6,10H2,1-3H3. The average molecular weight is 157 g/mol. The molecule has 1 rings (SSSR count). The van der Waals surface area contributed by atoms with Crippen molar-refractivity contribution in [1.82, 2.24) is 0 Å². The Kier molecular flexibility index (Phi) is 2.01. The molecule has 0 unspecified atom stereocenters. The van der Waals surface area contributed by atoms with Gasteiger partial charge in [-0.1, -0.05) is 20.8 Å². The monoisotopic (exact) mass is 157 g/mol. The summed E-state index contributed by atoms with van der Waals surface area (Å²) in [6.45, 7) is 6.83. The van der Waals surface area contributed by atoms with Gasteiger partial charge in [0.05, 0.1) is 6.61 Å². The summed E-state index contributed by atoms with van der Waals surface area (Å²) in [4.78, 5) is 0. The lowest BCUT2D eigenvalue weighted by molar-refractivity contribution is 0.0132. The SMILES string of the molecule is CC(C)(C)C1CC(N)(CO)C1. The van der Waals surface area contributed by atoms with Crippen LogP contribution in [0.2, 0.25) is 0 Å². The van der Waals surface area contributed by atoms with E-state index in [-0.39, 0.29) is 12.1 Å². The third kappa shape index (κ3) is 1.74. The second-order valence-electron chi connectivity index (χ2n) is 4.99. The number of nitrogens with two attached hydrogens (primary N) is 1. The lowest BCUT2D eigenvalue weighted by Gasteiger charge is -2.49. The first-order valence-electron chi connectivity index (χ1n) is 4.27. The van der Waals surface area contributed by atoms with E-state index in [0.717, 1.165) is 12.8 Å². The largest absolute Gasteiger partial charge is 0.394 e. The van der Waals surface area contributed by atoms with Gasteiger partial charge in [0.1, 0.15) is 0 Å². The van der Waals surface area contributed by atoms with Gasteiger partial charge in [-0.15, -0.1) is 0 Å². The summed E-state index contributed by atoms with van der Waals surface area (Å²) in [6, 6.07) is 0. The number of aliphatic hydroxyl groups excluding tert-OH is 1. The van der Waals surface area contributed by atoms with Crippen LogP contribution >= 0.6 is 0 Å². The normalized spacial score (nSPS) is 38.5. The molecule has 0 aliphatic heterocycles. The van der Waals surface area contributed by atoms with E-state index in [1.54, 1.807) is 0 Å². The molecule has 11 heavy (non-hydrogen) atoms. The van der Waals surface area contributed by atoms with E-state index in [9.17, 15) is 0 Å². The van der Waals surface area contributed by atoms with Crippen molar-refractivity contribution in [2.45, 2.75) is 39.2 Å². The van der Waals surface area contributed by atoms with Crippen LogP contribution in [0.4, 0.5) is 0 Å². The van der Waals surface area contributed by atoms with Crippen molar-refractivity contribution in [3.63, 3.8) is 0 Å². The van der Waals surface area contributed by atoms with Crippen molar-refractivity contribution < 1.29 is 5.11 Å². The molecular formula is C9H19NO. The van der Waals surface area contributed by atoms with Gasteiger partial charge in [0, 0.05) is 5.54 Å². The van der Waals surface area contributed by atoms with Gasteiger partial charge in [-0.3, -0.25) is 0 Å². The zero-order valence-electron chi connectivity index (χ0n) is 7.72. The van der Waals surface area contributed by atoms with Crippen molar-refractivity contribution >= 4 is 0 Å². The summed E-state index contributed by atoms with van der Waals surface area (Å²) >= 11 is 0. The molecule has 0 radical (unpaired) electrons. The second kappa shape index (κ2) is 2.46. The molecule has 2 heteroatoms. The van der Waals surface area contributed by atoms with Crippen LogP contribution in [0.15, 0.2) is 0 Å². The molecular weight excluding hydrogens is 138 g/mol. The molecule has 66 valence electrons. The second-order valence-corrected chi connectivity index (χ2v) is 4.99. The van der Waals surface area contributed by atoms with Crippen molar-refractivity contribution in [2.75, 3.05) is 6.61 Å². The van der Waals surface area contributed by atoms with Crippen molar-refractivity contribution in [3.05, 3.63) is 0 Å². The third-order valence-corrected chi connectivity index (χ3v) is 2.85. The highest BCUT2D eigenvalue weighted by Crippen LogP contribution is 2.45. The Morgan fingerprint density at radius 2 is 1.91 bits per heavy atom. The fourth-order valence-corrected chi connectivity index (χ4v) is 1.66. The first-order chi connectivity index (χ1) is 4.87. The van der Waals surface area contributed by atoms with E-state index in [4.69, 9.17) is 10.8 Å². The van der Waals surface area contributed by atoms with E-state index in [0.29, 0.717) is 11.3 Å². The third-order valence-electron chi connectivity index (χ3n) is 2.85. The van der Waals surface area contributed by atoms with Crippen LogP contribution in [0.5, 0.6) is 0 Å². The van der Waals surface area contributed by atoms with Crippen LogP contribution in [0.1, 0.15) is 33.6 Å². The molecule has 0 aromatic rings. The van der Waals surface area contributed by atoms with E-state index in [1.165, 1.54) is 0 Å². The Hall–Kier alpha value is -0.0800. The van der Waals surface area contributed by atoms with Crippen LogP contribution < -0.4 is 5.73 Å². The van der Waals surface area contributed by atoms with E-state index < -0.39 is 0 Å². The number of hydrogen-bond donors (Lipinski definition) is 2. The lowest BCUT2D eigenvalue weighted by atomic mass is 9.59. The smallest absolute Gasteiger partial charge is 0.0611 e. The highest BCUT2D eigenvalue weighted by molar-refractivity contribution is 5.01. The predicted molar refractivity (Wildman–Crippen MR) is 46.2 cm³/mol. The zero-order chi connectivity index (χ0) is 8.70. The van der Waals surface area contributed by atoms with Gasteiger partial charge < -0.3 is 10.8 Å². The van der Waals surface area contributed by atoms with Crippen LogP contribution in [-0.2, 0) is 0 Å². The summed E-state index contributed by atoms with van der Waals surface area (Å²) in [5.41, 5.74) is 5.95. The topological polar surface area (TPSA) is 46.2 Å². The molecule has 1 fully saturated rings. The lowest BCUT2D eigenvalue weighted by Crippen LogP contribution is -2.57. The van der Waals surface area contributed by atoms with Crippen molar-refractivity contribution in [3.8, 4) is 0 Å². The molecule has 0 aromatic heterocycles. The van der Waals surface area contributed by atoms with Gasteiger partial charge >= 0.3 is 0 Å². The Morgan fingerprint density at radius 1 is 1.45 bits per heavy atom. The van der Waals surface area contributed by atoms with Crippen LogP contribution in [0, 0.1) is 11.3 Å². The maximum atomic E-state index is 8.90. The molecule has 0 saturated heterocycles. The van der Waals surface area contributed by atoms with Crippen LogP contribution in [0.25, 0.3) is 0 Å². The Labute approximate surface area is 68.8 Å². The fourth-order valence-electron chi connectivity index (χ4n) is 1.66. The Balaban J connectivity index is 2.40. The maximum Gasteiger partial charge on any atom is 0.0611 e. The summed E-state index contributed by atoms with van der Waals surface area (Å²) in [7, 11) is 0. The number of rotatable bonds is 1. The van der Waals surface area contributed by atoms with Crippen molar-refractivity contribution in [2.24, 2.45) is 17.1 Å². The fraction of sp³-hybridized carbons (Fsp3) is 1.00. The van der Waals surface area contributed by atoms with Crippen LogP contribution in [-0.4, -0.2) is 17.3 Å². The Bertz CT molecular complexity index is 142. The zero-order valence-corrected chi connectivity index (χ0v) is 7.72. The highest BCUT2D eigenvalue weighted by atomic mass is 16.3. The minimum Gasteiger partial charge on any atom is -0.394 e. The molecule has 1 aliphatic rings. The predicted octanol–water partition coefficient (Wildman–Crippen LogP) is 1.13. The molecule has 0 spiro atoms. The summed E-state index contributed by atoms with van der Waals surface area (Å²) in [5.74, 6) is 0.694. The van der Waals surface area contributed by atoms with Gasteiger partial charge in [0.25, 0.3) is 0 Å².